The van der Waals surface area contributed by atoms with Crippen LogP contribution in [-0.2, 0) is 16.0 Å². The average molecular weight is 372 g/mol. The maximum Gasteiger partial charge on any atom is 0.347 e. The third kappa shape index (κ3) is 6.61. The summed E-state index contributed by atoms with van der Waals surface area (Å²) in [6.07, 6.45) is -0.329. The molecule has 0 aliphatic heterocycles. The predicted octanol–water partition coefficient (Wildman–Crippen LogP) is 3.73. The number of benzene rings is 2. The lowest BCUT2D eigenvalue weighted by atomic mass is 10.0. The van der Waals surface area contributed by atoms with Crippen LogP contribution in [0.15, 0.2) is 48.5 Å². The largest absolute Gasteiger partial charge is 0.491 e. The first-order valence-electron chi connectivity index (χ1n) is 9.29. The van der Waals surface area contributed by atoms with Gasteiger partial charge in [-0.25, -0.2) is 4.79 Å². The van der Waals surface area contributed by atoms with Gasteiger partial charge in [-0.05, 0) is 48.2 Å². The van der Waals surface area contributed by atoms with Crippen LogP contribution in [0.2, 0.25) is 0 Å². The van der Waals surface area contributed by atoms with E-state index in [-0.39, 0.29) is 19.2 Å². The van der Waals surface area contributed by atoms with E-state index in [1.165, 1.54) is 5.56 Å². The maximum absolute atomic E-state index is 12.3. The highest BCUT2D eigenvalue weighted by atomic mass is 16.6. The van der Waals surface area contributed by atoms with E-state index in [0.29, 0.717) is 30.4 Å². The van der Waals surface area contributed by atoms with Crippen LogP contribution in [0.4, 0.5) is 0 Å². The molecular weight excluding hydrogens is 344 g/mol. The molecule has 0 aliphatic rings. The van der Waals surface area contributed by atoms with Gasteiger partial charge in [-0.15, -0.1) is 0 Å². The smallest absolute Gasteiger partial charge is 0.347 e. The summed E-state index contributed by atoms with van der Waals surface area (Å²) in [7, 11) is 0. The molecule has 0 saturated carbocycles. The van der Waals surface area contributed by atoms with Gasteiger partial charge in [0.05, 0.1) is 13.2 Å². The van der Waals surface area contributed by atoms with Gasteiger partial charge >= 0.3 is 5.97 Å². The minimum atomic E-state index is -0.723. The van der Waals surface area contributed by atoms with Crippen molar-refractivity contribution in [1.82, 2.24) is 0 Å². The minimum absolute atomic E-state index is 0.0316. The fourth-order valence-electron chi connectivity index (χ4n) is 2.60. The highest BCUT2D eigenvalue weighted by Gasteiger charge is 2.22. The van der Waals surface area contributed by atoms with E-state index >= 15 is 0 Å². The molecule has 0 amide bonds. The first-order valence-corrected chi connectivity index (χ1v) is 9.29. The second-order valence-corrected chi connectivity index (χ2v) is 6.50. The Morgan fingerprint density at radius 2 is 1.63 bits per heavy atom. The molecule has 1 atom stereocenters. The van der Waals surface area contributed by atoms with Crippen LogP contribution in [0.3, 0.4) is 0 Å². The summed E-state index contributed by atoms with van der Waals surface area (Å²) in [4.78, 5) is 12.3. The van der Waals surface area contributed by atoms with Crippen LogP contribution >= 0.6 is 0 Å². The Hall–Kier alpha value is -2.53. The molecule has 1 unspecified atom stereocenters. The molecule has 0 saturated heterocycles. The summed E-state index contributed by atoms with van der Waals surface area (Å²) in [5.41, 5.74) is 2.15. The lowest BCUT2D eigenvalue weighted by molar-refractivity contribution is -0.151. The SMILES string of the molecule is CCOC(=O)C(Cc1ccc(OCCO)cc1)Oc1ccc(C(C)C)cc1. The van der Waals surface area contributed by atoms with E-state index in [2.05, 4.69) is 13.8 Å². The quantitative estimate of drug-likeness (QED) is 0.644. The van der Waals surface area contributed by atoms with Crippen LogP contribution in [0, 0.1) is 0 Å². The number of hydrogen-bond donors (Lipinski definition) is 1. The molecule has 5 heteroatoms. The standard InChI is InChI=1S/C22H28O5/c1-4-25-22(24)21(27-20-11-7-18(8-12-20)16(2)3)15-17-5-9-19(10-6-17)26-14-13-23/h5-12,16,21,23H,4,13-15H2,1-3H3. The van der Waals surface area contributed by atoms with Gasteiger partial charge in [0.2, 0.25) is 0 Å². The van der Waals surface area contributed by atoms with Gasteiger partial charge in [0.1, 0.15) is 18.1 Å². The van der Waals surface area contributed by atoms with Crippen molar-refractivity contribution in [1.29, 1.82) is 0 Å². The van der Waals surface area contributed by atoms with E-state index in [4.69, 9.17) is 19.3 Å². The average Bonchev–Trinajstić information content (AvgIpc) is 2.67. The third-order valence-electron chi connectivity index (χ3n) is 4.08. The predicted molar refractivity (Wildman–Crippen MR) is 104 cm³/mol. The molecule has 5 nitrogen and oxygen atoms in total. The topological polar surface area (TPSA) is 65.0 Å². The number of carbonyl (C=O) groups excluding carboxylic acids is 1. The number of esters is 1. The van der Waals surface area contributed by atoms with Crippen molar-refractivity contribution in [3.63, 3.8) is 0 Å². The molecule has 0 spiro atoms. The Morgan fingerprint density at radius 3 is 2.19 bits per heavy atom. The number of aliphatic hydroxyl groups excluding tert-OH is 1. The Balaban J connectivity index is 2.08. The second-order valence-electron chi connectivity index (χ2n) is 6.50. The third-order valence-corrected chi connectivity index (χ3v) is 4.08. The Labute approximate surface area is 160 Å². The van der Waals surface area contributed by atoms with Crippen molar-refractivity contribution < 1.29 is 24.1 Å². The van der Waals surface area contributed by atoms with E-state index < -0.39 is 6.10 Å². The Bertz CT molecular complexity index is 692. The first-order chi connectivity index (χ1) is 13.0. The van der Waals surface area contributed by atoms with Gasteiger partial charge in [0.15, 0.2) is 6.10 Å². The number of hydrogen-bond acceptors (Lipinski definition) is 5. The lowest BCUT2D eigenvalue weighted by Gasteiger charge is -2.18. The molecule has 2 aromatic carbocycles. The second kappa shape index (κ2) is 10.6. The van der Waals surface area contributed by atoms with E-state index in [1.807, 2.05) is 48.5 Å². The van der Waals surface area contributed by atoms with Crippen molar-refractivity contribution in [2.75, 3.05) is 19.8 Å². The van der Waals surface area contributed by atoms with E-state index in [1.54, 1.807) is 6.92 Å². The zero-order chi connectivity index (χ0) is 19.6. The number of rotatable bonds is 10. The van der Waals surface area contributed by atoms with E-state index in [0.717, 1.165) is 5.56 Å². The lowest BCUT2D eigenvalue weighted by Crippen LogP contribution is -2.31. The molecule has 2 rings (SSSR count). The van der Waals surface area contributed by atoms with Crippen LogP contribution in [-0.4, -0.2) is 37.0 Å². The molecule has 0 radical (unpaired) electrons. The van der Waals surface area contributed by atoms with Gasteiger partial charge in [-0.3, -0.25) is 0 Å². The van der Waals surface area contributed by atoms with Gasteiger partial charge in [0, 0.05) is 6.42 Å². The van der Waals surface area contributed by atoms with Crippen molar-refractivity contribution in [2.45, 2.75) is 39.2 Å². The molecule has 0 fully saturated rings. The Morgan fingerprint density at radius 1 is 1.00 bits per heavy atom. The van der Waals surface area contributed by atoms with E-state index in [9.17, 15) is 4.79 Å². The number of ether oxygens (including phenoxy) is 3. The van der Waals surface area contributed by atoms with Crippen molar-refractivity contribution >= 4 is 5.97 Å². The van der Waals surface area contributed by atoms with Gasteiger partial charge in [-0.2, -0.15) is 0 Å². The van der Waals surface area contributed by atoms with Crippen molar-refractivity contribution in [2.24, 2.45) is 0 Å². The van der Waals surface area contributed by atoms with Gasteiger partial charge in [-0.1, -0.05) is 38.1 Å². The molecule has 0 heterocycles. The van der Waals surface area contributed by atoms with Crippen LogP contribution in [0.1, 0.15) is 37.8 Å². The van der Waals surface area contributed by atoms with Crippen LogP contribution in [0.25, 0.3) is 0 Å². The highest BCUT2D eigenvalue weighted by molar-refractivity contribution is 5.75. The zero-order valence-corrected chi connectivity index (χ0v) is 16.2. The summed E-state index contributed by atoms with van der Waals surface area (Å²) in [6, 6.07) is 15.2. The summed E-state index contributed by atoms with van der Waals surface area (Å²) in [5.74, 6) is 1.36. The van der Waals surface area contributed by atoms with Gasteiger partial charge in [0.25, 0.3) is 0 Å². The fraction of sp³-hybridized carbons (Fsp3) is 0.409. The highest BCUT2D eigenvalue weighted by Crippen LogP contribution is 2.21. The molecular formula is C22H28O5. The summed E-state index contributed by atoms with van der Waals surface area (Å²) >= 11 is 0. The molecule has 0 aromatic heterocycles. The summed E-state index contributed by atoms with van der Waals surface area (Å²) < 4.78 is 16.4. The van der Waals surface area contributed by atoms with Crippen molar-refractivity contribution in [3.8, 4) is 11.5 Å². The van der Waals surface area contributed by atoms with Gasteiger partial charge < -0.3 is 19.3 Å². The molecule has 146 valence electrons. The normalized spacial score (nSPS) is 11.9. The molecule has 0 bridgehead atoms. The minimum Gasteiger partial charge on any atom is -0.491 e. The number of carbonyl (C=O) groups is 1. The molecule has 1 N–H and O–H groups in total. The maximum atomic E-state index is 12.3. The van der Waals surface area contributed by atoms with Crippen LogP contribution < -0.4 is 9.47 Å². The number of aliphatic hydroxyl groups is 1. The monoisotopic (exact) mass is 372 g/mol. The fourth-order valence-corrected chi connectivity index (χ4v) is 2.60. The van der Waals surface area contributed by atoms with Crippen LogP contribution in [0.5, 0.6) is 11.5 Å². The first kappa shape index (κ1) is 20.8. The van der Waals surface area contributed by atoms with Crippen molar-refractivity contribution in [3.05, 3.63) is 59.7 Å². The Kier molecular flexibility index (Phi) is 8.14. The molecule has 27 heavy (non-hydrogen) atoms. The molecule has 0 aliphatic carbocycles. The zero-order valence-electron chi connectivity index (χ0n) is 16.2. The summed E-state index contributed by atoms with van der Waals surface area (Å²) in [5, 5.41) is 8.81. The molecule has 2 aromatic rings. The summed E-state index contributed by atoms with van der Waals surface area (Å²) in [6.45, 7) is 6.56.